The van der Waals surface area contributed by atoms with Crippen molar-refractivity contribution in [3.63, 3.8) is 0 Å². The monoisotopic (exact) mass is 353 g/mol. The molecule has 0 saturated carbocycles. The van der Waals surface area contributed by atoms with Crippen molar-refractivity contribution in [2.75, 3.05) is 13.1 Å². The van der Waals surface area contributed by atoms with E-state index in [1.54, 1.807) is 36.1 Å². The first-order valence-electron chi connectivity index (χ1n) is 8.57. The lowest BCUT2D eigenvalue weighted by Crippen LogP contribution is -2.47. The third-order valence-electron chi connectivity index (χ3n) is 4.76. The van der Waals surface area contributed by atoms with Crippen LogP contribution in [0.25, 0.3) is 6.08 Å². The Hall–Kier alpha value is -3.02. The number of hydrogen-bond acceptors (Lipinski definition) is 5. The van der Waals surface area contributed by atoms with Gasteiger partial charge in [0.25, 0.3) is 0 Å². The molecule has 1 atom stereocenters. The highest BCUT2D eigenvalue weighted by Gasteiger charge is 2.32. The Morgan fingerprint density at radius 2 is 2.19 bits per heavy atom. The summed E-state index contributed by atoms with van der Waals surface area (Å²) < 4.78 is 11.1. The van der Waals surface area contributed by atoms with Crippen LogP contribution >= 0.6 is 0 Å². The Balaban J connectivity index is 1.50. The number of likely N-dealkylation sites (tertiary alicyclic amines) is 1. The molecule has 1 saturated heterocycles. The summed E-state index contributed by atoms with van der Waals surface area (Å²) in [5.74, 6) is 1.15. The molecule has 1 N–H and O–H groups in total. The highest BCUT2D eigenvalue weighted by molar-refractivity contribution is 5.79. The zero-order valence-electron chi connectivity index (χ0n) is 14.4. The fourth-order valence-electron chi connectivity index (χ4n) is 3.45. The van der Waals surface area contributed by atoms with Crippen LogP contribution in [0.4, 0.5) is 0 Å². The van der Waals surface area contributed by atoms with Crippen molar-refractivity contribution in [2.24, 2.45) is 0 Å². The summed E-state index contributed by atoms with van der Waals surface area (Å²) in [6.07, 6.45) is 2.49. The Morgan fingerprint density at radius 1 is 1.35 bits per heavy atom. The van der Waals surface area contributed by atoms with E-state index in [0.717, 1.165) is 11.1 Å². The van der Waals surface area contributed by atoms with Gasteiger partial charge in [-0.2, -0.15) is 0 Å². The van der Waals surface area contributed by atoms with E-state index in [1.165, 1.54) is 0 Å². The second-order valence-corrected chi connectivity index (χ2v) is 6.68. The second-order valence-electron chi connectivity index (χ2n) is 6.68. The number of nitrogens with zero attached hydrogens (tertiary/aromatic N) is 1. The lowest BCUT2D eigenvalue weighted by molar-refractivity contribution is -0.132. The molecule has 0 radical (unpaired) electrons. The zero-order chi connectivity index (χ0) is 18.3. The summed E-state index contributed by atoms with van der Waals surface area (Å²) in [5.41, 5.74) is 1.84. The second kappa shape index (κ2) is 6.37. The van der Waals surface area contributed by atoms with E-state index in [1.807, 2.05) is 12.1 Å². The van der Waals surface area contributed by atoms with E-state index >= 15 is 0 Å². The van der Waals surface area contributed by atoms with Crippen LogP contribution in [0.3, 0.4) is 0 Å². The highest BCUT2D eigenvalue weighted by atomic mass is 16.5. The Morgan fingerprint density at radius 3 is 3.00 bits per heavy atom. The van der Waals surface area contributed by atoms with E-state index in [2.05, 4.69) is 0 Å². The first kappa shape index (κ1) is 16.4. The molecule has 0 spiro atoms. The molecule has 26 heavy (non-hydrogen) atoms. The van der Waals surface area contributed by atoms with Gasteiger partial charge in [-0.25, -0.2) is 4.79 Å². The van der Waals surface area contributed by atoms with Crippen LogP contribution in [-0.2, 0) is 11.2 Å². The van der Waals surface area contributed by atoms with Crippen molar-refractivity contribution in [1.82, 2.24) is 4.90 Å². The summed E-state index contributed by atoms with van der Waals surface area (Å²) in [4.78, 5) is 26.4. The molecule has 3 heterocycles. The minimum absolute atomic E-state index is 0.00666. The largest absolute Gasteiger partial charge is 0.508 e. The SMILES string of the molecule is Cc1cc2c(c(=O)o1)C=C1CCN(C(=O)Cc3cccc(O)c3)C[C@@H]1O2. The molecule has 1 aromatic heterocycles. The number of phenolic OH excluding ortho intramolecular Hbond substituents is 1. The maximum Gasteiger partial charge on any atom is 0.346 e. The number of aryl methyl sites for hydroxylation is 1. The molecule has 2 aromatic rings. The summed E-state index contributed by atoms with van der Waals surface area (Å²) in [5, 5.41) is 9.54. The molecule has 6 nitrogen and oxygen atoms in total. The number of aromatic hydroxyl groups is 1. The molecule has 0 aliphatic carbocycles. The van der Waals surface area contributed by atoms with Crippen LogP contribution in [0.15, 0.2) is 45.1 Å². The van der Waals surface area contributed by atoms with E-state index < -0.39 is 5.63 Å². The van der Waals surface area contributed by atoms with E-state index in [0.29, 0.717) is 36.6 Å². The minimum atomic E-state index is -0.395. The molecule has 0 unspecified atom stereocenters. The number of ether oxygens (including phenoxy) is 1. The Kier molecular flexibility index (Phi) is 4.03. The average Bonchev–Trinajstić information content (AvgIpc) is 2.59. The lowest BCUT2D eigenvalue weighted by atomic mass is 9.95. The van der Waals surface area contributed by atoms with Gasteiger partial charge in [-0.1, -0.05) is 12.1 Å². The summed E-state index contributed by atoms with van der Waals surface area (Å²) in [6, 6.07) is 8.43. The molecule has 2 aliphatic heterocycles. The van der Waals surface area contributed by atoms with Crippen molar-refractivity contribution >= 4 is 12.0 Å². The molecule has 6 heteroatoms. The number of fused-ring (bicyclic) bond motifs is 2. The van der Waals surface area contributed by atoms with E-state index in [9.17, 15) is 14.7 Å². The van der Waals surface area contributed by atoms with Crippen molar-refractivity contribution in [3.05, 3.63) is 63.2 Å². The maximum atomic E-state index is 12.6. The number of hydrogen-bond donors (Lipinski definition) is 1. The van der Waals surface area contributed by atoms with Crippen LogP contribution in [0, 0.1) is 6.92 Å². The number of benzene rings is 1. The maximum absolute atomic E-state index is 12.6. The molecule has 1 aromatic carbocycles. The topological polar surface area (TPSA) is 80.0 Å². The predicted molar refractivity (Wildman–Crippen MR) is 95.1 cm³/mol. The van der Waals surface area contributed by atoms with E-state index in [-0.39, 0.29) is 24.2 Å². The molecular formula is C20H19NO5. The average molecular weight is 353 g/mol. The van der Waals surface area contributed by atoms with Gasteiger partial charge in [-0.3, -0.25) is 4.79 Å². The van der Waals surface area contributed by atoms with Crippen molar-refractivity contribution < 1.29 is 19.1 Å². The van der Waals surface area contributed by atoms with Gasteiger partial charge in [0.2, 0.25) is 5.91 Å². The van der Waals surface area contributed by atoms with Gasteiger partial charge in [-0.15, -0.1) is 0 Å². The number of amides is 1. The smallest absolute Gasteiger partial charge is 0.346 e. The zero-order valence-corrected chi connectivity index (χ0v) is 14.4. The van der Waals surface area contributed by atoms with Crippen LogP contribution in [0.5, 0.6) is 11.5 Å². The molecule has 134 valence electrons. The van der Waals surface area contributed by atoms with Gasteiger partial charge in [0.1, 0.15) is 28.9 Å². The van der Waals surface area contributed by atoms with Crippen LogP contribution < -0.4 is 10.4 Å². The molecule has 2 aliphatic rings. The van der Waals surface area contributed by atoms with E-state index in [4.69, 9.17) is 9.15 Å². The van der Waals surface area contributed by atoms with Gasteiger partial charge in [-0.05, 0) is 42.7 Å². The third kappa shape index (κ3) is 3.10. The van der Waals surface area contributed by atoms with Crippen molar-refractivity contribution in [2.45, 2.75) is 25.9 Å². The van der Waals surface area contributed by atoms with Gasteiger partial charge in [0.05, 0.1) is 13.0 Å². The number of carbonyl (C=O) groups is 1. The molecule has 4 rings (SSSR count). The minimum Gasteiger partial charge on any atom is -0.508 e. The number of piperidine rings is 1. The first-order valence-corrected chi connectivity index (χ1v) is 8.57. The van der Waals surface area contributed by atoms with Gasteiger partial charge < -0.3 is 19.2 Å². The molecule has 1 fully saturated rings. The van der Waals surface area contributed by atoms with Crippen LogP contribution in [0.2, 0.25) is 0 Å². The van der Waals surface area contributed by atoms with Crippen LogP contribution in [0.1, 0.15) is 23.3 Å². The highest BCUT2D eigenvalue weighted by Crippen LogP contribution is 2.32. The van der Waals surface area contributed by atoms with Crippen LogP contribution in [-0.4, -0.2) is 35.1 Å². The summed E-state index contributed by atoms with van der Waals surface area (Å²) >= 11 is 0. The fraction of sp³-hybridized carbons (Fsp3) is 0.300. The van der Waals surface area contributed by atoms with Gasteiger partial charge in [0, 0.05) is 12.6 Å². The predicted octanol–water partition coefficient (Wildman–Crippen LogP) is 2.27. The van der Waals surface area contributed by atoms with Crippen molar-refractivity contribution in [3.8, 4) is 11.5 Å². The number of carbonyl (C=O) groups excluding carboxylic acids is 1. The van der Waals surface area contributed by atoms with Gasteiger partial charge in [0.15, 0.2) is 0 Å². The summed E-state index contributed by atoms with van der Waals surface area (Å²) in [6.45, 7) is 2.73. The lowest BCUT2D eigenvalue weighted by Gasteiger charge is -2.37. The molecule has 1 amide bonds. The third-order valence-corrected chi connectivity index (χ3v) is 4.76. The normalized spacial score (nSPS) is 18.4. The number of phenols is 1. The molecular weight excluding hydrogens is 334 g/mol. The quantitative estimate of drug-likeness (QED) is 0.896. The Bertz CT molecular complexity index is 959. The first-order chi connectivity index (χ1) is 12.5. The fourth-order valence-corrected chi connectivity index (χ4v) is 3.45. The molecule has 0 bridgehead atoms. The standard InChI is InChI=1S/C20H19NO5/c1-12-7-17-16(20(24)25-12)10-14-5-6-21(11-18(14)26-17)19(23)9-13-3-2-4-15(22)8-13/h2-4,7-8,10,18,22H,5-6,9,11H2,1H3/t18-/m0/s1. The summed E-state index contributed by atoms with van der Waals surface area (Å²) in [7, 11) is 0. The van der Waals surface area contributed by atoms with Gasteiger partial charge >= 0.3 is 5.63 Å². The van der Waals surface area contributed by atoms with Crippen molar-refractivity contribution in [1.29, 1.82) is 0 Å². The Labute approximate surface area is 150 Å². The number of rotatable bonds is 2.